The summed E-state index contributed by atoms with van der Waals surface area (Å²) in [5, 5.41) is 0. The van der Waals surface area contributed by atoms with Gasteiger partial charge in [0, 0.05) is 36.3 Å². The van der Waals surface area contributed by atoms with Crippen molar-refractivity contribution in [3.05, 3.63) is 60.7 Å². The van der Waals surface area contributed by atoms with E-state index in [4.69, 9.17) is 39.5 Å². The Morgan fingerprint density at radius 1 is 0.692 bits per heavy atom. The third-order valence-electron chi connectivity index (χ3n) is 4.17. The number of benzene rings is 2. The topological polar surface area (TPSA) is 55.8 Å². The quantitative estimate of drug-likeness (QED) is 0.114. The second kappa shape index (κ2) is 20.5. The maximum Gasteiger partial charge on any atom is 0.415 e. The molecular weight excluding hydrogens is 599 g/mol. The van der Waals surface area contributed by atoms with Gasteiger partial charge < -0.3 is 9.47 Å². The molecule has 39 heavy (non-hydrogen) atoms. The van der Waals surface area contributed by atoms with Gasteiger partial charge in [0.15, 0.2) is 0 Å². The molecule has 2 aromatic carbocycles. The SMILES string of the molecule is FC(F)(F)CCCCCCl.O=C(Cl)Oc1ccccc1.O=C(Oc1ccccc1)N(CCCCl)CC(F)(F)F. The van der Waals surface area contributed by atoms with Gasteiger partial charge in [0.2, 0.25) is 0 Å². The van der Waals surface area contributed by atoms with E-state index in [-0.39, 0.29) is 31.0 Å². The minimum absolute atomic E-state index is 0.103. The van der Waals surface area contributed by atoms with Crippen LogP contribution in [0.25, 0.3) is 0 Å². The number of hydrogen-bond donors (Lipinski definition) is 0. The van der Waals surface area contributed by atoms with Crippen LogP contribution in [0.1, 0.15) is 32.1 Å². The van der Waals surface area contributed by atoms with E-state index >= 15 is 0 Å². The molecule has 0 unspecified atom stereocenters. The van der Waals surface area contributed by atoms with Gasteiger partial charge in [-0.1, -0.05) is 42.8 Å². The summed E-state index contributed by atoms with van der Waals surface area (Å²) in [7, 11) is 0. The maximum atomic E-state index is 12.3. The Labute approximate surface area is 237 Å². The summed E-state index contributed by atoms with van der Waals surface area (Å²) in [5.74, 6) is 1.29. The predicted molar refractivity (Wildman–Crippen MR) is 139 cm³/mol. The number of nitrogens with zero attached hydrogens (tertiary/aromatic N) is 1. The van der Waals surface area contributed by atoms with Gasteiger partial charge in [-0.3, -0.25) is 4.90 Å². The number of halogens is 9. The Hall–Kier alpha value is -2.37. The summed E-state index contributed by atoms with van der Waals surface area (Å²) in [6, 6.07) is 16.6. The van der Waals surface area contributed by atoms with Gasteiger partial charge in [-0.05, 0) is 43.5 Å². The average Bonchev–Trinajstić information content (AvgIpc) is 2.85. The zero-order valence-corrected chi connectivity index (χ0v) is 22.9. The highest BCUT2D eigenvalue weighted by Crippen LogP contribution is 2.22. The van der Waals surface area contributed by atoms with Crippen LogP contribution in [0, 0.1) is 0 Å². The fraction of sp³-hybridized carbons (Fsp3) is 0.440. The normalized spacial score (nSPS) is 10.8. The number of amides is 1. The Balaban J connectivity index is 0.000000610. The summed E-state index contributed by atoms with van der Waals surface area (Å²) in [5.41, 5.74) is -0.814. The number of alkyl halides is 8. The van der Waals surface area contributed by atoms with Gasteiger partial charge >= 0.3 is 23.9 Å². The third-order valence-corrected chi connectivity index (χ3v) is 4.79. The Morgan fingerprint density at radius 3 is 1.59 bits per heavy atom. The van der Waals surface area contributed by atoms with Gasteiger partial charge in [0.25, 0.3) is 0 Å². The summed E-state index contributed by atoms with van der Waals surface area (Å²) >= 11 is 15.6. The highest BCUT2D eigenvalue weighted by molar-refractivity contribution is 6.61. The van der Waals surface area contributed by atoms with Crippen molar-refractivity contribution in [3.8, 4) is 11.5 Å². The average molecular weight is 627 g/mol. The van der Waals surface area contributed by atoms with Crippen LogP contribution in [0.15, 0.2) is 60.7 Å². The van der Waals surface area contributed by atoms with Crippen molar-refractivity contribution < 1.29 is 45.4 Å². The highest BCUT2D eigenvalue weighted by atomic mass is 35.5. The first kappa shape index (κ1) is 36.6. The zero-order valence-electron chi connectivity index (χ0n) is 20.6. The number of rotatable bonds is 10. The Kier molecular flexibility index (Phi) is 19.3. The highest BCUT2D eigenvalue weighted by Gasteiger charge is 2.33. The molecule has 0 fully saturated rings. The van der Waals surface area contributed by atoms with Crippen molar-refractivity contribution in [1.29, 1.82) is 0 Å². The van der Waals surface area contributed by atoms with E-state index in [9.17, 15) is 35.9 Å². The Morgan fingerprint density at radius 2 is 1.18 bits per heavy atom. The summed E-state index contributed by atoms with van der Waals surface area (Å²) in [6.07, 6.45) is -8.45. The lowest BCUT2D eigenvalue weighted by atomic mass is 10.2. The maximum absolute atomic E-state index is 12.3. The monoisotopic (exact) mass is 625 g/mol. The number of carbonyl (C=O) groups is 2. The predicted octanol–water partition coefficient (Wildman–Crippen LogP) is 9.45. The molecule has 0 atom stereocenters. The van der Waals surface area contributed by atoms with Crippen LogP contribution < -0.4 is 9.47 Å². The van der Waals surface area contributed by atoms with Crippen LogP contribution in [-0.4, -0.2) is 53.6 Å². The molecule has 0 saturated heterocycles. The number of unbranched alkanes of at least 4 members (excludes halogenated alkanes) is 2. The van der Waals surface area contributed by atoms with Crippen LogP contribution >= 0.6 is 34.8 Å². The van der Waals surface area contributed by atoms with Crippen LogP contribution in [0.3, 0.4) is 0 Å². The van der Waals surface area contributed by atoms with Crippen molar-refractivity contribution in [2.75, 3.05) is 24.8 Å². The molecule has 0 N–H and O–H groups in total. The molecule has 0 aliphatic carbocycles. The van der Waals surface area contributed by atoms with Crippen LogP contribution in [0.5, 0.6) is 11.5 Å². The fourth-order valence-corrected chi connectivity index (χ4v) is 2.93. The van der Waals surface area contributed by atoms with Crippen LogP contribution in [-0.2, 0) is 0 Å². The fourth-order valence-electron chi connectivity index (χ4n) is 2.53. The molecule has 0 aliphatic rings. The molecule has 0 saturated carbocycles. The number of para-hydroxylation sites is 2. The molecule has 14 heteroatoms. The largest absolute Gasteiger partial charge is 0.415 e. The lowest BCUT2D eigenvalue weighted by molar-refractivity contribution is -0.141. The van der Waals surface area contributed by atoms with Gasteiger partial charge in [0.05, 0.1) is 0 Å². The third kappa shape index (κ3) is 23.3. The molecule has 0 heterocycles. The van der Waals surface area contributed by atoms with Crippen molar-refractivity contribution in [1.82, 2.24) is 4.90 Å². The van der Waals surface area contributed by atoms with Crippen molar-refractivity contribution in [2.24, 2.45) is 0 Å². The summed E-state index contributed by atoms with van der Waals surface area (Å²) in [6.45, 7) is -1.45. The van der Waals surface area contributed by atoms with Gasteiger partial charge in [-0.15, -0.1) is 23.2 Å². The second-order valence-electron chi connectivity index (χ2n) is 7.53. The zero-order chi connectivity index (χ0) is 29.7. The molecular formula is C25H28Cl3F6NO4. The molecule has 5 nitrogen and oxygen atoms in total. The van der Waals surface area contributed by atoms with E-state index < -0.39 is 36.8 Å². The van der Waals surface area contributed by atoms with E-state index in [0.29, 0.717) is 29.4 Å². The molecule has 2 aromatic rings. The van der Waals surface area contributed by atoms with E-state index in [2.05, 4.69) is 4.74 Å². The van der Waals surface area contributed by atoms with Gasteiger partial charge in [-0.25, -0.2) is 9.59 Å². The number of hydrogen-bond acceptors (Lipinski definition) is 4. The van der Waals surface area contributed by atoms with Crippen molar-refractivity contribution in [3.63, 3.8) is 0 Å². The molecule has 0 radical (unpaired) electrons. The van der Waals surface area contributed by atoms with Crippen molar-refractivity contribution in [2.45, 2.75) is 44.5 Å². The van der Waals surface area contributed by atoms with E-state index in [1.807, 2.05) is 6.07 Å². The van der Waals surface area contributed by atoms with Crippen LogP contribution in [0.2, 0.25) is 0 Å². The minimum Gasteiger partial charge on any atom is -0.415 e. The van der Waals surface area contributed by atoms with Gasteiger partial charge in [-0.2, -0.15) is 26.3 Å². The summed E-state index contributed by atoms with van der Waals surface area (Å²) < 4.78 is 80.8. The van der Waals surface area contributed by atoms with E-state index in [0.717, 1.165) is 0 Å². The number of ether oxygens (including phenoxy) is 2. The first-order valence-electron chi connectivity index (χ1n) is 11.5. The van der Waals surface area contributed by atoms with E-state index in [1.165, 1.54) is 12.1 Å². The summed E-state index contributed by atoms with van der Waals surface area (Å²) in [4.78, 5) is 22.4. The smallest absolute Gasteiger partial charge is 0.415 e. The molecule has 0 spiro atoms. The number of carbonyl (C=O) groups excluding carboxylic acids is 2. The molecule has 220 valence electrons. The molecule has 1 amide bonds. The first-order chi connectivity index (χ1) is 18.3. The Bertz CT molecular complexity index is 920. The van der Waals surface area contributed by atoms with Crippen LogP contribution in [0.4, 0.5) is 35.9 Å². The van der Waals surface area contributed by atoms with Gasteiger partial charge in [0.1, 0.15) is 18.0 Å². The molecule has 0 aliphatic heterocycles. The van der Waals surface area contributed by atoms with Crippen molar-refractivity contribution >= 4 is 46.3 Å². The van der Waals surface area contributed by atoms with E-state index in [1.54, 1.807) is 42.5 Å². The minimum atomic E-state index is -4.47. The first-order valence-corrected chi connectivity index (χ1v) is 12.9. The molecule has 0 aromatic heterocycles. The molecule has 0 bridgehead atoms. The lowest BCUT2D eigenvalue weighted by Crippen LogP contribution is -2.41. The lowest BCUT2D eigenvalue weighted by Gasteiger charge is -2.22. The standard InChI is InChI=1S/C12H13ClF3NO2.C7H5ClO2.C6H10ClF3/c13-7-4-8-17(9-12(14,15)16)11(18)19-10-5-2-1-3-6-10;8-7(9)10-6-4-2-1-3-5-6;7-5-3-1-2-4-6(8,9)10/h1-3,5-6H,4,7-9H2;1-5H;1-5H2. The second-order valence-corrected chi connectivity index (χ2v) is 8.59. The molecule has 2 rings (SSSR count).